The van der Waals surface area contributed by atoms with E-state index in [4.69, 9.17) is 5.73 Å². The third-order valence-electron chi connectivity index (χ3n) is 3.60. The van der Waals surface area contributed by atoms with E-state index in [-0.39, 0.29) is 18.5 Å². The molecular weight excluding hydrogens is 244 g/mol. The molecule has 0 aliphatic carbocycles. The van der Waals surface area contributed by atoms with Gasteiger partial charge in [0.2, 0.25) is 5.91 Å². The lowest BCUT2D eigenvalue weighted by Crippen LogP contribution is -2.41. The summed E-state index contributed by atoms with van der Waals surface area (Å²) < 4.78 is 0. The minimum Gasteiger partial charge on any atom is -0.397 e. The van der Waals surface area contributed by atoms with Gasteiger partial charge in [-0.2, -0.15) is 0 Å². The summed E-state index contributed by atoms with van der Waals surface area (Å²) in [6.45, 7) is 1.95. The number of urea groups is 1. The summed E-state index contributed by atoms with van der Waals surface area (Å²) in [7, 11) is 0. The molecule has 0 radical (unpaired) electrons. The van der Waals surface area contributed by atoms with Gasteiger partial charge in [-0.05, 0) is 18.1 Å². The topological polar surface area (TPSA) is 78.7 Å². The number of anilines is 2. The molecule has 6 heteroatoms. The molecule has 0 unspecified atom stereocenters. The van der Waals surface area contributed by atoms with Gasteiger partial charge in [0, 0.05) is 19.6 Å². The van der Waals surface area contributed by atoms with Crippen molar-refractivity contribution in [2.24, 2.45) is 0 Å². The number of para-hydroxylation sites is 1. The molecule has 1 fully saturated rings. The molecule has 100 valence electrons. The summed E-state index contributed by atoms with van der Waals surface area (Å²) in [5.74, 6) is -0.175. The van der Waals surface area contributed by atoms with Crippen LogP contribution in [0.4, 0.5) is 16.2 Å². The van der Waals surface area contributed by atoms with Crippen molar-refractivity contribution in [2.75, 3.05) is 36.8 Å². The van der Waals surface area contributed by atoms with Gasteiger partial charge in [0.15, 0.2) is 0 Å². The molecule has 1 aromatic carbocycles. The molecule has 1 aromatic rings. The molecule has 0 spiro atoms. The van der Waals surface area contributed by atoms with Gasteiger partial charge in [-0.1, -0.05) is 12.1 Å². The van der Waals surface area contributed by atoms with Crippen LogP contribution in [0.3, 0.4) is 0 Å². The van der Waals surface area contributed by atoms with Gasteiger partial charge < -0.3 is 16.0 Å². The first-order valence-electron chi connectivity index (χ1n) is 6.37. The minimum absolute atomic E-state index is 0.175. The maximum atomic E-state index is 12.1. The zero-order valence-corrected chi connectivity index (χ0v) is 10.6. The maximum absolute atomic E-state index is 12.1. The summed E-state index contributed by atoms with van der Waals surface area (Å²) in [4.78, 5) is 26.8. The molecule has 2 aliphatic rings. The molecule has 0 saturated carbocycles. The fourth-order valence-corrected chi connectivity index (χ4v) is 2.68. The second-order valence-electron chi connectivity index (χ2n) is 4.80. The lowest BCUT2D eigenvalue weighted by atomic mass is 10.1. The molecule has 3 rings (SSSR count). The Morgan fingerprint density at radius 3 is 2.95 bits per heavy atom. The van der Waals surface area contributed by atoms with Crippen molar-refractivity contribution in [1.29, 1.82) is 0 Å². The van der Waals surface area contributed by atoms with Crippen LogP contribution in [0, 0.1) is 0 Å². The highest BCUT2D eigenvalue weighted by Gasteiger charge is 2.30. The third kappa shape index (κ3) is 1.99. The van der Waals surface area contributed by atoms with Crippen LogP contribution in [-0.4, -0.2) is 43.0 Å². The number of carbonyl (C=O) groups is 2. The normalized spacial score (nSPS) is 17.6. The number of carbonyl (C=O) groups excluding carboxylic acids is 2. The Hall–Kier alpha value is -2.24. The zero-order chi connectivity index (χ0) is 13.4. The smallest absolute Gasteiger partial charge is 0.324 e. The number of fused-ring (bicyclic) bond motifs is 1. The molecule has 3 amide bonds. The van der Waals surface area contributed by atoms with Crippen molar-refractivity contribution >= 4 is 23.3 Å². The fraction of sp³-hybridized carbons (Fsp3) is 0.385. The molecular formula is C13H16N4O2. The van der Waals surface area contributed by atoms with Crippen LogP contribution in [0.2, 0.25) is 0 Å². The van der Waals surface area contributed by atoms with E-state index in [2.05, 4.69) is 5.32 Å². The van der Waals surface area contributed by atoms with Crippen LogP contribution in [0.15, 0.2) is 18.2 Å². The standard InChI is InChI=1S/C13H16N4O2/c14-10-3-1-2-9-4-6-16(12(9)10)8-11(18)17-7-5-15-13(17)19/h1-3H,4-8,14H2,(H,15,19). The van der Waals surface area contributed by atoms with E-state index in [9.17, 15) is 9.59 Å². The first kappa shape index (κ1) is 11.8. The largest absolute Gasteiger partial charge is 0.397 e. The Kier molecular flexibility index (Phi) is 2.77. The molecule has 1 saturated heterocycles. The highest BCUT2D eigenvalue weighted by atomic mass is 16.2. The van der Waals surface area contributed by atoms with Crippen molar-refractivity contribution in [3.05, 3.63) is 23.8 Å². The molecule has 0 aromatic heterocycles. The average molecular weight is 260 g/mol. The third-order valence-corrected chi connectivity index (χ3v) is 3.60. The predicted octanol–water partition coefficient (Wildman–Crippen LogP) is 0.183. The lowest BCUT2D eigenvalue weighted by Gasteiger charge is -2.22. The number of hydrogen-bond acceptors (Lipinski definition) is 4. The zero-order valence-electron chi connectivity index (χ0n) is 10.6. The Bertz CT molecular complexity index is 543. The van der Waals surface area contributed by atoms with E-state index in [0.717, 1.165) is 18.7 Å². The molecule has 3 N–H and O–H groups in total. The Morgan fingerprint density at radius 1 is 1.37 bits per heavy atom. The number of hydrogen-bond donors (Lipinski definition) is 2. The molecule has 2 heterocycles. The van der Waals surface area contributed by atoms with Crippen LogP contribution in [-0.2, 0) is 11.2 Å². The Morgan fingerprint density at radius 2 is 2.21 bits per heavy atom. The van der Waals surface area contributed by atoms with Crippen LogP contribution in [0.1, 0.15) is 5.56 Å². The molecule has 6 nitrogen and oxygen atoms in total. The van der Waals surface area contributed by atoms with Gasteiger partial charge in [0.05, 0.1) is 17.9 Å². The maximum Gasteiger partial charge on any atom is 0.324 e. The summed E-state index contributed by atoms with van der Waals surface area (Å²) >= 11 is 0. The number of rotatable bonds is 2. The van der Waals surface area contributed by atoms with Crippen LogP contribution in [0.5, 0.6) is 0 Å². The van der Waals surface area contributed by atoms with Gasteiger partial charge in [-0.15, -0.1) is 0 Å². The second kappa shape index (κ2) is 4.46. The van der Waals surface area contributed by atoms with E-state index in [1.165, 1.54) is 10.5 Å². The van der Waals surface area contributed by atoms with Crippen LogP contribution in [0.25, 0.3) is 0 Å². The number of nitrogens with zero attached hydrogens (tertiary/aromatic N) is 2. The van der Waals surface area contributed by atoms with E-state index in [1.54, 1.807) is 0 Å². The van der Waals surface area contributed by atoms with Gasteiger partial charge in [0.1, 0.15) is 0 Å². The molecule has 0 bridgehead atoms. The van der Waals surface area contributed by atoms with Gasteiger partial charge >= 0.3 is 6.03 Å². The van der Waals surface area contributed by atoms with Crippen molar-refractivity contribution in [1.82, 2.24) is 10.2 Å². The van der Waals surface area contributed by atoms with Gasteiger partial charge in [-0.3, -0.25) is 9.69 Å². The minimum atomic E-state index is -0.301. The van der Waals surface area contributed by atoms with Gasteiger partial charge in [0.25, 0.3) is 0 Å². The number of benzene rings is 1. The van der Waals surface area contributed by atoms with Crippen molar-refractivity contribution in [3.63, 3.8) is 0 Å². The Labute approximate surface area is 111 Å². The van der Waals surface area contributed by atoms with E-state index < -0.39 is 0 Å². The van der Waals surface area contributed by atoms with E-state index in [1.807, 2.05) is 23.1 Å². The van der Waals surface area contributed by atoms with Gasteiger partial charge in [-0.25, -0.2) is 4.79 Å². The monoisotopic (exact) mass is 260 g/mol. The second-order valence-corrected chi connectivity index (χ2v) is 4.80. The van der Waals surface area contributed by atoms with E-state index >= 15 is 0 Å². The summed E-state index contributed by atoms with van der Waals surface area (Å²) in [6.07, 6.45) is 0.889. The van der Waals surface area contributed by atoms with Crippen molar-refractivity contribution in [3.8, 4) is 0 Å². The average Bonchev–Trinajstić information content (AvgIpc) is 2.97. The first-order chi connectivity index (χ1) is 9.16. The van der Waals surface area contributed by atoms with Crippen LogP contribution < -0.4 is 16.0 Å². The first-order valence-corrected chi connectivity index (χ1v) is 6.37. The van der Waals surface area contributed by atoms with Crippen LogP contribution >= 0.6 is 0 Å². The highest BCUT2D eigenvalue weighted by Crippen LogP contribution is 2.33. The number of nitrogen functional groups attached to an aromatic ring is 1. The SMILES string of the molecule is Nc1cccc2c1N(CC(=O)N1CCNC1=O)CC2. The fourth-order valence-electron chi connectivity index (χ4n) is 2.68. The molecule has 0 atom stereocenters. The summed E-state index contributed by atoms with van der Waals surface area (Å²) in [6, 6.07) is 5.49. The summed E-state index contributed by atoms with van der Waals surface area (Å²) in [5.41, 5.74) is 8.77. The number of nitrogens with one attached hydrogen (secondary N) is 1. The van der Waals surface area contributed by atoms with E-state index in [0.29, 0.717) is 18.8 Å². The predicted molar refractivity (Wildman–Crippen MR) is 71.9 cm³/mol. The molecule has 19 heavy (non-hydrogen) atoms. The van der Waals surface area contributed by atoms with Crippen molar-refractivity contribution < 1.29 is 9.59 Å². The number of amides is 3. The number of nitrogens with two attached hydrogens (primary N) is 1. The Balaban J connectivity index is 1.76. The van der Waals surface area contributed by atoms with Crippen molar-refractivity contribution in [2.45, 2.75) is 6.42 Å². The quantitative estimate of drug-likeness (QED) is 0.744. The highest BCUT2D eigenvalue weighted by molar-refractivity contribution is 5.98. The summed E-state index contributed by atoms with van der Waals surface area (Å²) in [5, 5.41) is 2.63. The number of imide groups is 1. The molecule has 2 aliphatic heterocycles. The lowest BCUT2D eigenvalue weighted by molar-refractivity contribution is -0.126.